The molecule has 1 N–H and O–H groups in total. The van der Waals surface area contributed by atoms with Crippen LogP contribution in [-0.2, 0) is 6.54 Å². The quantitative estimate of drug-likeness (QED) is 0.650. The second kappa shape index (κ2) is 6.11. The molecule has 2 rings (SSSR count). The van der Waals surface area contributed by atoms with E-state index in [1.165, 1.54) is 6.07 Å². The molecule has 0 bridgehead atoms. The van der Waals surface area contributed by atoms with Gasteiger partial charge in [0.25, 0.3) is 5.69 Å². The molecule has 0 atom stereocenters. The minimum Gasteiger partial charge on any atom is -0.380 e. The number of benzene rings is 2. The van der Waals surface area contributed by atoms with Gasteiger partial charge in [0.05, 0.1) is 4.92 Å². The fraction of sp³-hybridized carbons (Fsp3) is 0.143. The van der Waals surface area contributed by atoms with Gasteiger partial charge in [0.2, 0.25) is 0 Å². The van der Waals surface area contributed by atoms with Crippen LogP contribution in [0.25, 0.3) is 0 Å². The third-order valence-electron chi connectivity index (χ3n) is 2.98. The van der Waals surface area contributed by atoms with Crippen LogP contribution in [0.3, 0.4) is 0 Å². The highest BCUT2D eigenvalue weighted by Crippen LogP contribution is 2.26. The number of hydrogen-bond donors (Lipinski definition) is 1. The van der Waals surface area contributed by atoms with Crippen LogP contribution in [0.5, 0.6) is 0 Å². The lowest BCUT2D eigenvalue weighted by molar-refractivity contribution is -0.385. The third-order valence-corrected chi connectivity index (χ3v) is 3.63. The van der Waals surface area contributed by atoms with E-state index in [-0.39, 0.29) is 5.69 Å². The van der Waals surface area contributed by atoms with E-state index in [0.29, 0.717) is 22.2 Å². The molecule has 0 aliphatic rings. The van der Waals surface area contributed by atoms with Crippen LogP contribution in [0, 0.1) is 17.0 Å². The Balaban J connectivity index is 2.23. The molecule has 0 aliphatic heterocycles. The molecule has 0 amide bonds. The van der Waals surface area contributed by atoms with E-state index in [9.17, 15) is 10.1 Å². The maximum absolute atomic E-state index is 11.0. The highest BCUT2D eigenvalue weighted by Gasteiger charge is 2.14. The molecule has 0 radical (unpaired) electrons. The van der Waals surface area contributed by atoms with E-state index >= 15 is 0 Å². The number of nitrogens with zero attached hydrogens (tertiary/aromatic N) is 1. The first-order chi connectivity index (χ1) is 9.49. The maximum atomic E-state index is 11.0. The van der Waals surface area contributed by atoms with Crippen molar-refractivity contribution in [3.05, 3.63) is 67.7 Å². The van der Waals surface area contributed by atoms with Crippen molar-refractivity contribution in [2.24, 2.45) is 0 Å². The van der Waals surface area contributed by atoms with Gasteiger partial charge in [-0.15, -0.1) is 0 Å². The number of nitro groups is 1. The number of nitrogens with one attached hydrogen (secondary N) is 1. The second-order valence-electron chi connectivity index (χ2n) is 4.30. The van der Waals surface area contributed by atoms with Crippen LogP contribution < -0.4 is 5.32 Å². The monoisotopic (exact) mass is 310 g/mol. The predicted molar refractivity (Wildman–Crippen MR) is 81.6 cm³/mol. The standard InChI is InChI=1S/C14H12Cl2N2O2/c1-9-12(16)3-2-4-13(9)17-8-10-5-6-11(15)7-14(10)18(19)20/h2-7,17H,8H2,1H3. The molecule has 104 valence electrons. The summed E-state index contributed by atoms with van der Waals surface area (Å²) in [7, 11) is 0. The molecule has 0 saturated carbocycles. The molecule has 2 aromatic rings. The fourth-order valence-corrected chi connectivity index (χ4v) is 2.19. The molecule has 0 saturated heterocycles. The number of halogens is 2. The van der Waals surface area contributed by atoms with Crippen LogP contribution in [0.4, 0.5) is 11.4 Å². The Morgan fingerprint density at radius 3 is 2.70 bits per heavy atom. The van der Waals surface area contributed by atoms with Crippen molar-refractivity contribution in [3.63, 3.8) is 0 Å². The smallest absolute Gasteiger partial charge is 0.275 e. The second-order valence-corrected chi connectivity index (χ2v) is 5.14. The maximum Gasteiger partial charge on any atom is 0.275 e. The molecule has 2 aromatic carbocycles. The predicted octanol–water partition coefficient (Wildman–Crippen LogP) is 4.82. The first-order valence-electron chi connectivity index (χ1n) is 5.91. The molecule has 0 aromatic heterocycles. The molecule has 0 heterocycles. The van der Waals surface area contributed by atoms with Crippen LogP contribution in [0.2, 0.25) is 10.0 Å². The highest BCUT2D eigenvalue weighted by atomic mass is 35.5. The van der Waals surface area contributed by atoms with Gasteiger partial charge >= 0.3 is 0 Å². The largest absolute Gasteiger partial charge is 0.380 e. The Morgan fingerprint density at radius 1 is 1.25 bits per heavy atom. The van der Waals surface area contributed by atoms with Gasteiger partial charge in [0.15, 0.2) is 0 Å². The highest BCUT2D eigenvalue weighted by molar-refractivity contribution is 6.31. The van der Waals surface area contributed by atoms with Gasteiger partial charge in [-0.2, -0.15) is 0 Å². The van der Waals surface area contributed by atoms with E-state index < -0.39 is 4.92 Å². The third kappa shape index (κ3) is 3.21. The molecular weight excluding hydrogens is 299 g/mol. The van der Waals surface area contributed by atoms with Gasteiger partial charge in [-0.05, 0) is 36.8 Å². The van der Waals surface area contributed by atoms with Crippen molar-refractivity contribution >= 4 is 34.6 Å². The van der Waals surface area contributed by atoms with Gasteiger partial charge < -0.3 is 5.32 Å². The molecule has 20 heavy (non-hydrogen) atoms. The molecule has 0 aliphatic carbocycles. The summed E-state index contributed by atoms with van der Waals surface area (Å²) in [6.45, 7) is 2.22. The van der Waals surface area contributed by atoms with Crippen LogP contribution in [-0.4, -0.2) is 4.92 Å². The molecule has 6 heteroatoms. The van der Waals surface area contributed by atoms with E-state index in [4.69, 9.17) is 23.2 Å². The van der Waals surface area contributed by atoms with Crippen LogP contribution in [0.15, 0.2) is 36.4 Å². The van der Waals surface area contributed by atoms with E-state index in [1.807, 2.05) is 19.1 Å². The number of rotatable bonds is 4. The van der Waals surface area contributed by atoms with Crippen LogP contribution >= 0.6 is 23.2 Å². The van der Waals surface area contributed by atoms with Crippen molar-refractivity contribution in [2.75, 3.05) is 5.32 Å². The van der Waals surface area contributed by atoms with Gasteiger partial charge in [-0.1, -0.05) is 29.3 Å². The average molecular weight is 311 g/mol. The Morgan fingerprint density at radius 2 is 2.00 bits per heavy atom. The number of hydrogen-bond acceptors (Lipinski definition) is 3. The zero-order chi connectivity index (χ0) is 14.7. The zero-order valence-corrected chi connectivity index (χ0v) is 12.2. The fourth-order valence-electron chi connectivity index (χ4n) is 1.85. The number of anilines is 1. The normalized spacial score (nSPS) is 10.3. The van der Waals surface area contributed by atoms with Crippen molar-refractivity contribution < 1.29 is 4.92 Å². The van der Waals surface area contributed by atoms with Gasteiger partial charge in [-0.25, -0.2) is 0 Å². The summed E-state index contributed by atoms with van der Waals surface area (Å²) >= 11 is 11.8. The first kappa shape index (κ1) is 14.6. The van der Waals surface area contributed by atoms with E-state index in [1.54, 1.807) is 18.2 Å². The molecule has 0 spiro atoms. The minimum absolute atomic E-state index is 0.00433. The average Bonchev–Trinajstić information content (AvgIpc) is 2.41. The summed E-state index contributed by atoms with van der Waals surface area (Å²) in [5, 5.41) is 15.2. The van der Waals surface area contributed by atoms with E-state index in [2.05, 4.69) is 5.32 Å². The Kier molecular flexibility index (Phi) is 4.47. The zero-order valence-electron chi connectivity index (χ0n) is 10.7. The van der Waals surface area contributed by atoms with Crippen molar-refractivity contribution in [1.82, 2.24) is 0 Å². The SMILES string of the molecule is Cc1c(Cl)cccc1NCc1ccc(Cl)cc1[N+](=O)[O-]. The van der Waals surface area contributed by atoms with Crippen LogP contribution in [0.1, 0.15) is 11.1 Å². The Hall–Kier alpha value is -1.78. The summed E-state index contributed by atoms with van der Waals surface area (Å²) in [6.07, 6.45) is 0. The Bertz CT molecular complexity index is 660. The molecule has 4 nitrogen and oxygen atoms in total. The van der Waals surface area contributed by atoms with Gasteiger partial charge in [-0.3, -0.25) is 10.1 Å². The first-order valence-corrected chi connectivity index (χ1v) is 6.66. The molecule has 0 fully saturated rings. The van der Waals surface area contributed by atoms with E-state index in [0.717, 1.165) is 11.3 Å². The number of nitro benzene ring substituents is 1. The van der Waals surface area contributed by atoms with Crippen molar-refractivity contribution in [2.45, 2.75) is 13.5 Å². The van der Waals surface area contributed by atoms with Gasteiger partial charge in [0, 0.05) is 33.9 Å². The molecular formula is C14H12Cl2N2O2. The summed E-state index contributed by atoms with van der Waals surface area (Å²) in [5.74, 6) is 0. The van der Waals surface area contributed by atoms with Crippen molar-refractivity contribution in [1.29, 1.82) is 0 Å². The summed E-state index contributed by atoms with van der Waals surface area (Å²) in [4.78, 5) is 10.6. The minimum atomic E-state index is -0.437. The summed E-state index contributed by atoms with van der Waals surface area (Å²) < 4.78 is 0. The topological polar surface area (TPSA) is 55.2 Å². The molecule has 0 unspecified atom stereocenters. The van der Waals surface area contributed by atoms with Crippen molar-refractivity contribution in [3.8, 4) is 0 Å². The lowest BCUT2D eigenvalue weighted by atomic mass is 10.1. The lowest BCUT2D eigenvalue weighted by Crippen LogP contribution is -2.04. The lowest BCUT2D eigenvalue weighted by Gasteiger charge is -2.11. The Labute approximate surface area is 126 Å². The summed E-state index contributed by atoms with van der Waals surface area (Å²) in [6, 6.07) is 10.1. The van der Waals surface area contributed by atoms with Gasteiger partial charge in [0.1, 0.15) is 0 Å². The summed E-state index contributed by atoms with van der Waals surface area (Å²) in [5.41, 5.74) is 2.33.